The van der Waals surface area contributed by atoms with E-state index in [9.17, 15) is 9.59 Å². The van der Waals surface area contributed by atoms with Gasteiger partial charge in [-0.3, -0.25) is 13.9 Å². The molecule has 0 aliphatic carbocycles. The molecule has 126 valence electrons. The molecular formula is C19H17N3O3. The molecule has 4 rings (SSSR count). The maximum absolute atomic E-state index is 12.4. The summed E-state index contributed by atoms with van der Waals surface area (Å²) in [6, 6.07) is 14.8. The van der Waals surface area contributed by atoms with Crippen molar-refractivity contribution in [2.75, 3.05) is 5.32 Å². The third kappa shape index (κ3) is 2.61. The molecule has 0 spiro atoms. The van der Waals surface area contributed by atoms with E-state index < -0.39 is 0 Å². The molecule has 0 saturated carbocycles. The van der Waals surface area contributed by atoms with Gasteiger partial charge in [-0.05, 0) is 43.3 Å². The van der Waals surface area contributed by atoms with Gasteiger partial charge in [-0.25, -0.2) is 4.79 Å². The van der Waals surface area contributed by atoms with Gasteiger partial charge < -0.3 is 9.73 Å². The van der Waals surface area contributed by atoms with E-state index >= 15 is 0 Å². The lowest BCUT2D eigenvalue weighted by atomic mass is 10.2. The monoisotopic (exact) mass is 335 g/mol. The summed E-state index contributed by atoms with van der Waals surface area (Å²) in [5.74, 6) is 0.568. The van der Waals surface area contributed by atoms with Gasteiger partial charge in [-0.15, -0.1) is 0 Å². The van der Waals surface area contributed by atoms with Crippen LogP contribution in [0.1, 0.15) is 5.76 Å². The number of amides is 1. The molecule has 0 fully saturated rings. The number of fused-ring (bicyclic) bond motifs is 2. The summed E-state index contributed by atoms with van der Waals surface area (Å²) in [5.41, 5.74) is 2.78. The largest absolute Gasteiger partial charge is 0.461 e. The van der Waals surface area contributed by atoms with Gasteiger partial charge in [0.1, 0.15) is 17.9 Å². The van der Waals surface area contributed by atoms with Crippen LogP contribution in [-0.4, -0.2) is 15.0 Å². The van der Waals surface area contributed by atoms with Crippen LogP contribution < -0.4 is 11.0 Å². The average molecular weight is 335 g/mol. The number of carbonyl (C=O) groups is 1. The lowest BCUT2D eigenvalue weighted by Crippen LogP contribution is -2.28. The summed E-state index contributed by atoms with van der Waals surface area (Å²) in [4.78, 5) is 24.8. The summed E-state index contributed by atoms with van der Waals surface area (Å²) < 4.78 is 8.55. The molecule has 4 aromatic rings. The highest BCUT2D eigenvalue weighted by atomic mass is 16.3. The maximum Gasteiger partial charge on any atom is 0.329 e. The number of para-hydroxylation sites is 2. The van der Waals surface area contributed by atoms with Crippen molar-refractivity contribution in [2.24, 2.45) is 7.05 Å². The second-order valence-corrected chi connectivity index (χ2v) is 6.07. The van der Waals surface area contributed by atoms with E-state index in [1.165, 1.54) is 4.57 Å². The van der Waals surface area contributed by atoms with E-state index in [2.05, 4.69) is 5.32 Å². The van der Waals surface area contributed by atoms with Crippen molar-refractivity contribution >= 4 is 33.6 Å². The van der Waals surface area contributed by atoms with Crippen molar-refractivity contribution < 1.29 is 9.21 Å². The van der Waals surface area contributed by atoms with Crippen molar-refractivity contribution in [3.05, 3.63) is 64.8 Å². The third-order valence-corrected chi connectivity index (χ3v) is 4.28. The molecule has 0 unspecified atom stereocenters. The highest BCUT2D eigenvalue weighted by molar-refractivity contribution is 5.94. The minimum atomic E-state index is -0.252. The van der Waals surface area contributed by atoms with E-state index in [4.69, 9.17) is 4.42 Å². The number of benzene rings is 2. The molecule has 6 nitrogen and oxygen atoms in total. The Morgan fingerprint density at radius 1 is 1.12 bits per heavy atom. The van der Waals surface area contributed by atoms with E-state index in [1.807, 2.05) is 49.4 Å². The van der Waals surface area contributed by atoms with Gasteiger partial charge in [0.15, 0.2) is 0 Å². The quantitative estimate of drug-likeness (QED) is 0.626. The molecule has 2 aromatic heterocycles. The van der Waals surface area contributed by atoms with Crippen LogP contribution in [0.3, 0.4) is 0 Å². The van der Waals surface area contributed by atoms with Crippen LogP contribution in [0.2, 0.25) is 0 Å². The van der Waals surface area contributed by atoms with Crippen molar-refractivity contribution in [1.82, 2.24) is 9.13 Å². The summed E-state index contributed by atoms with van der Waals surface area (Å²) in [6.07, 6.45) is 0. The Hall–Kier alpha value is -3.28. The van der Waals surface area contributed by atoms with Gasteiger partial charge in [0, 0.05) is 18.1 Å². The Bertz CT molecular complexity index is 1160. The number of nitrogens with one attached hydrogen (secondary N) is 1. The molecule has 2 heterocycles. The molecule has 25 heavy (non-hydrogen) atoms. The predicted molar refractivity (Wildman–Crippen MR) is 96.8 cm³/mol. The van der Waals surface area contributed by atoms with E-state index in [-0.39, 0.29) is 18.1 Å². The summed E-state index contributed by atoms with van der Waals surface area (Å²) in [6.45, 7) is 1.84. The molecule has 0 radical (unpaired) electrons. The first-order valence-electron chi connectivity index (χ1n) is 7.97. The van der Waals surface area contributed by atoms with Gasteiger partial charge in [0.2, 0.25) is 5.91 Å². The van der Waals surface area contributed by atoms with Gasteiger partial charge in [0.05, 0.1) is 11.0 Å². The van der Waals surface area contributed by atoms with E-state index in [1.54, 1.807) is 17.7 Å². The molecule has 2 aromatic carbocycles. The molecule has 1 N–H and O–H groups in total. The second kappa shape index (κ2) is 5.66. The van der Waals surface area contributed by atoms with Crippen LogP contribution in [-0.2, 0) is 18.4 Å². The first kappa shape index (κ1) is 15.3. The van der Waals surface area contributed by atoms with E-state index in [0.29, 0.717) is 5.69 Å². The Morgan fingerprint density at radius 2 is 1.88 bits per heavy atom. The van der Waals surface area contributed by atoms with Crippen molar-refractivity contribution in [3.63, 3.8) is 0 Å². The zero-order valence-electron chi connectivity index (χ0n) is 13.9. The van der Waals surface area contributed by atoms with Gasteiger partial charge in [-0.2, -0.15) is 0 Å². The number of rotatable bonds is 3. The Morgan fingerprint density at radius 3 is 2.68 bits per heavy atom. The molecule has 1 amide bonds. The van der Waals surface area contributed by atoms with Gasteiger partial charge in [0.25, 0.3) is 0 Å². The zero-order valence-corrected chi connectivity index (χ0v) is 13.9. The van der Waals surface area contributed by atoms with Crippen LogP contribution in [0.25, 0.3) is 22.0 Å². The lowest BCUT2D eigenvalue weighted by molar-refractivity contribution is -0.116. The highest BCUT2D eigenvalue weighted by Crippen LogP contribution is 2.22. The number of nitrogens with zero attached hydrogens (tertiary/aromatic N) is 2. The van der Waals surface area contributed by atoms with Gasteiger partial charge in [-0.1, -0.05) is 12.1 Å². The fourth-order valence-electron chi connectivity index (χ4n) is 3.11. The molecule has 6 heteroatoms. The van der Waals surface area contributed by atoms with Crippen LogP contribution in [0.4, 0.5) is 5.69 Å². The van der Waals surface area contributed by atoms with Crippen LogP contribution in [0.5, 0.6) is 0 Å². The van der Waals surface area contributed by atoms with Crippen LogP contribution in [0.15, 0.2) is 57.7 Å². The first-order valence-corrected chi connectivity index (χ1v) is 7.97. The normalized spacial score (nSPS) is 11.3. The number of hydrogen-bond donors (Lipinski definition) is 1. The smallest absolute Gasteiger partial charge is 0.329 e. The Kier molecular flexibility index (Phi) is 3.46. The van der Waals surface area contributed by atoms with Crippen LogP contribution >= 0.6 is 0 Å². The Balaban J connectivity index is 1.61. The van der Waals surface area contributed by atoms with Crippen molar-refractivity contribution in [3.8, 4) is 0 Å². The number of aromatic nitrogens is 2. The molecule has 0 saturated heterocycles. The molecule has 0 aliphatic heterocycles. The predicted octanol–water partition coefficient (Wildman–Crippen LogP) is 3.03. The maximum atomic E-state index is 12.4. The fraction of sp³-hybridized carbons (Fsp3) is 0.158. The van der Waals surface area contributed by atoms with E-state index in [0.717, 1.165) is 27.8 Å². The minimum absolute atomic E-state index is 0.0390. The Labute approximate surface area is 143 Å². The number of anilines is 1. The average Bonchev–Trinajstić information content (AvgIpc) is 3.07. The minimum Gasteiger partial charge on any atom is -0.461 e. The number of imidazole rings is 1. The topological polar surface area (TPSA) is 69.2 Å². The number of hydrogen-bond acceptors (Lipinski definition) is 3. The number of carbonyl (C=O) groups excluding carboxylic acids is 1. The third-order valence-electron chi connectivity index (χ3n) is 4.28. The van der Waals surface area contributed by atoms with Crippen LogP contribution in [0, 0.1) is 6.92 Å². The molecular weight excluding hydrogens is 318 g/mol. The second-order valence-electron chi connectivity index (χ2n) is 6.07. The summed E-state index contributed by atoms with van der Waals surface area (Å²) in [5, 5.41) is 3.77. The number of aryl methyl sites for hydroxylation is 2. The first-order chi connectivity index (χ1) is 12.0. The summed E-state index contributed by atoms with van der Waals surface area (Å²) >= 11 is 0. The lowest BCUT2D eigenvalue weighted by Gasteiger charge is -2.06. The number of furan rings is 1. The summed E-state index contributed by atoms with van der Waals surface area (Å²) in [7, 11) is 1.70. The zero-order chi connectivity index (χ0) is 17.6. The van der Waals surface area contributed by atoms with Crippen molar-refractivity contribution in [1.29, 1.82) is 0 Å². The SMILES string of the molecule is Cc1cc2cc(NC(=O)Cn3c(=O)n(C)c4ccccc43)ccc2o1. The molecule has 0 atom stereocenters. The standard InChI is InChI=1S/C19H17N3O3/c1-12-9-13-10-14(7-8-17(13)25-12)20-18(23)11-22-16-6-4-3-5-15(16)21(2)19(22)24/h3-10H,11H2,1-2H3,(H,20,23). The molecule has 0 aliphatic rings. The van der Waals surface area contributed by atoms with Crippen molar-refractivity contribution in [2.45, 2.75) is 13.5 Å². The fourth-order valence-corrected chi connectivity index (χ4v) is 3.11. The highest BCUT2D eigenvalue weighted by Gasteiger charge is 2.13. The van der Waals surface area contributed by atoms with Gasteiger partial charge >= 0.3 is 5.69 Å². The molecule has 0 bridgehead atoms.